The van der Waals surface area contributed by atoms with Gasteiger partial charge in [-0.25, -0.2) is 0 Å². The van der Waals surface area contributed by atoms with Crippen molar-refractivity contribution < 1.29 is 0 Å². The maximum Gasteiger partial charge on any atom is 0.0569 e. The van der Waals surface area contributed by atoms with Gasteiger partial charge in [0.25, 0.3) is 0 Å². The predicted molar refractivity (Wildman–Crippen MR) is 76.5 cm³/mol. The van der Waals surface area contributed by atoms with Crippen molar-refractivity contribution in [2.75, 3.05) is 5.75 Å². The molecule has 1 aromatic heterocycles. The van der Waals surface area contributed by atoms with E-state index in [1.807, 2.05) is 42.6 Å². The Bertz CT molecular complexity index is 493. The molecule has 3 N–H and O–H groups in total. The quantitative estimate of drug-likeness (QED) is 0.502. The maximum absolute atomic E-state index is 5.95. The molecule has 0 aliphatic rings. The Kier molecular flexibility index (Phi) is 5.01. The van der Waals surface area contributed by atoms with E-state index in [1.165, 1.54) is 0 Å². The molecule has 1 aromatic carbocycles. The fourth-order valence-electron chi connectivity index (χ4n) is 1.56. The third-order valence-corrected chi connectivity index (χ3v) is 3.82. The Morgan fingerprint density at radius 1 is 1.33 bits per heavy atom. The van der Waals surface area contributed by atoms with Gasteiger partial charge >= 0.3 is 0 Å². The first-order valence-electron chi connectivity index (χ1n) is 5.54. The van der Waals surface area contributed by atoms with E-state index >= 15 is 0 Å². The molecule has 2 rings (SSSR count). The summed E-state index contributed by atoms with van der Waals surface area (Å²) >= 11 is 7.65. The van der Waals surface area contributed by atoms with Crippen molar-refractivity contribution >= 4 is 23.4 Å². The molecule has 0 fully saturated rings. The molecule has 3 nitrogen and oxygen atoms in total. The summed E-state index contributed by atoms with van der Waals surface area (Å²) in [5, 5.41) is 0.749. The van der Waals surface area contributed by atoms with E-state index in [0.29, 0.717) is 0 Å². The van der Waals surface area contributed by atoms with E-state index in [1.54, 1.807) is 18.0 Å². The zero-order valence-electron chi connectivity index (χ0n) is 9.71. The van der Waals surface area contributed by atoms with Crippen LogP contribution in [0.4, 0.5) is 0 Å². The number of hydrogen-bond acceptors (Lipinski definition) is 4. The van der Waals surface area contributed by atoms with Gasteiger partial charge in [0.1, 0.15) is 0 Å². The van der Waals surface area contributed by atoms with Gasteiger partial charge in [-0.2, -0.15) is 0 Å². The van der Waals surface area contributed by atoms with Crippen molar-refractivity contribution in [2.45, 2.75) is 10.9 Å². The number of nitrogens with zero attached hydrogens (tertiary/aromatic N) is 1. The van der Waals surface area contributed by atoms with E-state index in [9.17, 15) is 0 Å². The largest absolute Gasteiger partial charge is 0.271 e. The number of thioether (sulfide) groups is 1. The van der Waals surface area contributed by atoms with Crippen molar-refractivity contribution in [2.24, 2.45) is 5.84 Å². The van der Waals surface area contributed by atoms with Crippen molar-refractivity contribution in [1.29, 1.82) is 0 Å². The standard InChI is InChI=1S/C13H14ClN3S/c14-11-4-1-5-12(7-11)18-9-13(17-15)10-3-2-6-16-8-10/h1-8,13,17H,9,15H2. The lowest BCUT2D eigenvalue weighted by atomic mass is 10.1. The molecule has 5 heteroatoms. The molecule has 1 unspecified atom stereocenters. The van der Waals surface area contributed by atoms with Crippen LogP contribution in [0, 0.1) is 0 Å². The van der Waals surface area contributed by atoms with Gasteiger partial charge in [-0.05, 0) is 29.8 Å². The average molecular weight is 280 g/mol. The molecule has 0 amide bonds. The summed E-state index contributed by atoms with van der Waals surface area (Å²) in [6.07, 6.45) is 3.57. The molecule has 94 valence electrons. The second-order valence-electron chi connectivity index (χ2n) is 3.77. The van der Waals surface area contributed by atoms with Crippen LogP contribution in [-0.4, -0.2) is 10.7 Å². The van der Waals surface area contributed by atoms with Gasteiger partial charge < -0.3 is 0 Å². The number of nitrogens with one attached hydrogen (secondary N) is 1. The lowest BCUT2D eigenvalue weighted by Gasteiger charge is -2.15. The highest BCUT2D eigenvalue weighted by Gasteiger charge is 2.10. The van der Waals surface area contributed by atoms with E-state index in [2.05, 4.69) is 10.4 Å². The highest BCUT2D eigenvalue weighted by molar-refractivity contribution is 7.99. The van der Waals surface area contributed by atoms with E-state index in [0.717, 1.165) is 21.2 Å². The molecule has 0 aliphatic heterocycles. The molecular weight excluding hydrogens is 266 g/mol. The Morgan fingerprint density at radius 3 is 2.89 bits per heavy atom. The topological polar surface area (TPSA) is 50.9 Å². The first-order chi connectivity index (χ1) is 8.79. The van der Waals surface area contributed by atoms with Crippen molar-refractivity contribution in [1.82, 2.24) is 10.4 Å². The van der Waals surface area contributed by atoms with Crippen molar-refractivity contribution in [3.8, 4) is 0 Å². The second-order valence-corrected chi connectivity index (χ2v) is 5.30. The molecule has 0 spiro atoms. The molecule has 0 saturated carbocycles. The van der Waals surface area contributed by atoms with Crippen molar-refractivity contribution in [3.63, 3.8) is 0 Å². The summed E-state index contributed by atoms with van der Waals surface area (Å²) < 4.78 is 0. The number of rotatable bonds is 5. The number of pyridine rings is 1. The van der Waals surface area contributed by atoms with E-state index in [-0.39, 0.29) is 6.04 Å². The fraction of sp³-hybridized carbons (Fsp3) is 0.154. The maximum atomic E-state index is 5.95. The Hall–Kier alpha value is -1.07. The first-order valence-corrected chi connectivity index (χ1v) is 6.90. The number of hydrogen-bond donors (Lipinski definition) is 2. The van der Waals surface area contributed by atoms with Crippen LogP contribution in [0.15, 0.2) is 53.7 Å². The van der Waals surface area contributed by atoms with Gasteiger partial charge in [-0.1, -0.05) is 23.7 Å². The van der Waals surface area contributed by atoms with E-state index < -0.39 is 0 Å². The summed E-state index contributed by atoms with van der Waals surface area (Å²) in [6.45, 7) is 0. The van der Waals surface area contributed by atoms with Crippen LogP contribution < -0.4 is 11.3 Å². The van der Waals surface area contributed by atoms with Crippen LogP contribution in [0.3, 0.4) is 0 Å². The van der Waals surface area contributed by atoms with Crippen LogP contribution in [0.1, 0.15) is 11.6 Å². The Balaban J connectivity index is 2.00. The molecule has 18 heavy (non-hydrogen) atoms. The monoisotopic (exact) mass is 279 g/mol. The van der Waals surface area contributed by atoms with Gasteiger partial charge in [0.2, 0.25) is 0 Å². The molecule has 1 atom stereocenters. The smallest absolute Gasteiger partial charge is 0.0569 e. The van der Waals surface area contributed by atoms with Crippen molar-refractivity contribution in [3.05, 3.63) is 59.4 Å². The lowest BCUT2D eigenvalue weighted by Crippen LogP contribution is -2.29. The lowest BCUT2D eigenvalue weighted by molar-refractivity contribution is 0.608. The van der Waals surface area contributed by atoms with Gasteiger partial charge in [-0.3, -0.25) is 16.3 Å². The number of benzene rings is 1. The van der Waals surface area contributed by atoms with Crippen LogP contribution in [0.25, 0.3) is 0 Å². The third-order valence-electron chi connectivity index (χ3n) is 2.50. The van der Waals surface area contributed by atoms with Crippen LogP contribution in [0.2, 0.25) is 5.02 Å². The van der Waals surface area contributed by atoms with Gasteiger partial charge in [0.05, 0.1) is 6.04 Å². The normalized spacial score (nSPS) is 12.3. The van der Waals surface area contributed by atoms with Crippen LogP contribution in [0.5, 0.6) is 0 Å². The second kappa shape index (κ2) is 6.75. The minimum atomic E-state index is 0.0719. The molecule has 0 saturated heterocycles. The highest BCUT2D eigenvalue weighted by atomic mass is 35.5. The molecule has 0 bridgehead atoms. The molecule has 1 heterocycles. The zero-order valence-corrected chi connectivity index (χ0v) is 11.3. The summed E-state index contributed by atoms with van der Waals surface area (Å²) in [4.78, 5) is 5.23. The number of hydrazine groups is 1. The van der Waals surface area contributed by atoms with Gasteiger partial charge in [0.15, 0.2) is 0 Å². The number of aromatic nitrogens is 1. The summed E-state index contributed by atoms with van der Waals surface area (Å²) in [6, 6.07) is 11.8. The predicted octanol–water partition coefficient (Wildman–Crippen LogP) is 3.03. The minimum absolute atomic E-state index is 0.0719. The average Bonchev–Trinajstić information content (AvgIpc) is 2.41. The van der Waals surface area contributed by atoms with Crippen LogP contribution in [-0.2, 0) is 0 Å². The molecule has 2 aromatic rings. The molecular formula is C13H14ClN3S. The number of halogens is 1. The first kappa shape index (κ1) is 13.4. The van der Waals surface area contributed by atoms with Gasteiger partial charge in [-0.15, -0.1) is 11.8 Å². The fourth-order valence-corrected chi connectivity index (χ4v) is 2.85. The van der Waals surface area contributed by atoms with Gasteiger partial charge in [0, 0.05) is 28.1 Å². The molecule has 0 radical (unpaired) electrons. The SMILES string of the molecule is NNC(CSc1cccc(Cl)c1)c1cccnc1. The minimum Gasteiger partial charge on any atom is -0.271 e. The summed E-state index contributed by atoms with van der Waals surface area (Å²) in [5.41, 5.74) is 3.89. The van der Waals surface area contributed by atoms with Crippen LogP contribution >= 0.6 is 23.4 Å². The molecule has 0 aliphatic carbocycles. The van der Waals surface area contributed by atoms with E-state index in [4.69, 9.17) is 17.4 Å². The number of nitrogens with two attached hydrogens (primary N) is 1. The summed E-state index contributed by atoms with van der Waals surface area (Å²) in [7, 11) is 0. The zero-order chi connectivity index (χ0) is 12.8. The Morgan fingerprint density at radius 2 is 2.22 bits per heavy atom. The summed E-state index contributed by atoms with van der Waals surface area (Å²) in [5.74, 6) is 6.40. The Labute approximate surface area is 116 Å². The highest BCUT2D eigenvalue weighted by Crippen LogP contribution is 2.25. The third kappa shape index (κ3) is 3.71.